The van der Waals surface area contributed by atoms with Crippen molar-refractivity contribution in [3.8, 4) is 0 Å². The molecule has 0 saturated carbocycles. The van der Waals surface area contributed by atoms with Gasteiger partial charge in [0.25, 0.3) is 0 Å². The lowest BCUT2D eigenvalue weighted by Crippen LogP contribution is -2.37. The molecule has 0 unspecified atom stereocenters. The lowest BCUT2D eigenvalue weighted by molar-refractivity contribution is -0.137. The normalized spacial score (nSPS) is 12.7. The second-order valence-corrected chi connectivity index (χ2v) is 4.92. The fraction of sp³-hybridized carbons (Fsp3) is 0.455. The molecular weight excluding hydrogens is 232 g/mol. The van der Waals surface area contributed by atoms with Crippen molar-refractivity contribution in [1.29, 1.82) is 0 Å². The van der Waals surface area contributed by atoms with Gasteiger partial charge in [-0.15, -0.1) is 0 Å². The lowest BCUT2D eigenvalue weighted by atomic mass is 9.70. The van der Waals surface area contributed by atoms with E-state index in [-0.39, 0.29) is 11.0 Å². The first-order valence-electron chi connectivity index (χ1n) is 5.11. The van der Waals surface area contributed by atoms with Crippen LogP contribution in [0.4, 0.5) is 13.2 Å². The molecule has 0 aliphatic carbocycles. The van der Waals surface area contributed by atoms with Crippen LogP contribution in [-0.4, -0.2) is 17.2 Å². The number of hydrogen-bond donors (Lipinski definition) is 2. The summed E-state index contributed by atoms with van der Waals surface area (Å²) in [4.78, 5) is 0. The molecule has 1 aromatic rings. The van der Waals surface area contributed by atoms with Crippen LogP contribution in [0.2, 0.25) is 0 Å². The van der Waals surface area contributed by atoms with Crippen molar-refractivity contribution >= 4 is 12.6 Å². The Morgan fingerprint density at radius 3 is 1.94 bits per heavy atom. The molecule has 0 aliphatic heterocycles. The molecule has 1 rings (SSSR count). The molecule has 17 heavy (non-hydrogen) atoms. The smallest absolute Gasteiger partial charge is 0.423 e. The molecule has 0 amide bonds. The summed E-state index contributed by atoms with van der Waals surface area (Å²) in [5.74, 6) is 0. The summed E-state index contributed by atoms with van der Waals surface area (Å²) >= 11 is 0. The van der Waals surface area contributed by atoms with Crippen LogP contribution in [0.5, 0.6) is 0 Å². The van der Waals surface area contributed by atoms with Crippen molar-refractivity contribution < 1.29 is 23.2 Å². The quantitative estimate of drug-likeness (QED) is 0.740. The van der Waals surface area contributed by atoms with Crippen molar-refractivity contribution in [1.82, 2.24) is 0 Å². The van der Waals surface area contributed by atoms with Gasteiger partial charge in [0.1, 0.15) is 0 Å². The van der Waals surface area contributed by atoms with E-state index in [2.05, 4.69) is 0 Å². The second-order valence-electron chi connectivity index (χ2n) is 4.92. The van der Waals surface area contributed by atoms with Gasteiger partial charge in [0.15, 0.2) is 0 Å². The topological polar surface area (TPSA) is 40.5 Å². The number of halogens is 3. The second kappa shape index (κ2) is 4.35. The maximum Gasteiger partial charge on any atom is 0.488 e. The van der Waals surface area contributed by atoms with Gasteiger partial charge in [-0.05, 0) is 22.5 Å². The molecule has 0 fully saturated rings. The minimum atomic E-state index is -4.43. The highest BCUT2D eigenvalue weighted by Gasteiger charge is 2.33. The highest BCUT2D eigenvalue weighted by atomic mass is 19.4. The van der Waals surface area contributed by atoms with Crippen LogP contribution in [0.15, 0.2) is 18.2 Å². The average molecular weight is 246 g/mol. The first-order valence-corrected chi connectivity index (χ1v) is 5.11. The molecule has 1 aromatic carbocycles. The standard InChI is InChI=1S/C11H14BF3O2/c1-10(2,3)8-6-7(11(13,14)15)4-5-9(8)12(16)17/h4-6,16-17H,1-3H3. The van der Waals surface area contributed by atoms with Gasteiger partial charge in [0.2, 0.25) is 0 Å². The molecule has 2 N–H and O–H groups in total. The van der Waals surface area contributed by atoms with Gasteiger partial charge in [0.05, 0.1) is 5.56 Å². The van der Waals surface area contributed by atoms with Crippen LogP contribution in [0.1, 0.15) is 31.9 Å². The molecule has 0 bridgehead atoms. The highest BCUT2D eigenvalue weighted by molar-refractivity contribution is 6.59. The number of benzene rings is 1. The molecule has 0 radical (unpaired) electrons. The van der Waals surface area contributed by atoms with E-state index in [1.165, 1.54) is 0 Å². The zero-order chi connectivity index (χ0) is 13.4. The van der Waals surface area contributed by atoms with E-state index in [0.717, 1.165) is 18.2 Å². The number of rotatable bonds is 1. The summed E-state index contributed by atoms with van der Waals surface area (Å²) < 4.78 is 37.7. The van der Waals surface area contributed by atoms with Crippen LogP contribution in [-0.2, 0) is 11.6 Å². The first kappa shape index (κ1) is 14.1. The van der Waals surface area contributed by atoms with E-state index < -0.39 is 24.3 Å². The van der Waals surface area contributed by atoms with E-state index >= 15 is 0 Å². The average Bonchev–Trinajstić information content (AvgIpc) is 2.14. The molecular formula is C11H14BF3O2. The summed E-state index contributed by atoms with van der Waals surface area (Å²) in [7, 11) is -1.77. The Morgan fingerprint density at radius 2 is 1.59 bits per heavy atom. The minimum Gasteiger partial charge on any atom is -0.423 e. The molecule has 0 heterocycles. The first-order chi connectivity index (χ1) is 7.53. The van der Waals surface area contributed by atoms with Gasteiger partial charge >= 0.3 is 13.3 Å². The summed E-state index contributed by atoms with van der Waals surface area (Å²) in [6.45, 7) is 5.15. The predicted octanol–water partition coefficient (Wildman–Crippen LogP) is 1.68. The van der Waals surface area contributed by atoms with Crippen LogP contribution in [0.25, 0.3) is 0 Å². The molecule has 0 saturated heterocycles. The van der Waals surface area contributed by atoms with E-state index in [0.29, 0.717) is 0 Å². The fourth-order valence-electron chi connectivity index (χ4n) is 1.61. The third kappa shape index (κ3) is 3.23. The third-order valence-corrected chi connectivity index (χ3v) is 2.47. The van der Waals surface area contributed by atoms with Crippen LogP contribution >= 0.6 is 0 Å². The van der Waals surface area contributed by atoms with Gasteiger partial charge in [-0.1, -0.05) is 32.9 Å². The molecule has 2 nitrogen and oxygen atoms in total. The number of hydrogen-bond acceptors (Lipinski definition) is 2. The molecule has 0 atom stereocenters. The van der Waals surface area contributed by atoms with E-state index in [1.54, 1.807) is 20.8 Å². The van der Waals surface area contributed by atoms with Gasteiger partial charge < -0.3 is 10.0 Å². The lowest BCUT2D eigenvalue weighted by Gasteiger charge is -2.24. The number of alkyl halides is 3. The summed E-state index contributed by atoms with van der Waals surface area (Å²) in [6.07, 6.45) is -4.43. The summed E-state index contributed by atoms with van der Waals surface area (Å²) in [5.41, 5.74) is -1.00. The van der Waals surface area contributed by atoms with Crippen LogP contribution in [0.3, 0.4) is 0 Å². The van der Waals surface area contributed by atoms with Gasteiger partial charge in [-0.25, -0.2) is 0 Å². The highest BCUT2D eigenvalue weighted by Crippen LogP contribution is 2.31. The SMILES string of the molecule is CC(C)(C)c1cc(C(F)(F)F)ccc1B(O)O. The van der Waals surface area contributed by atoms with Gasteiger partial charge in [-0.3, -0.25) is 0 Å². The van der Waals surface area contributed by atoms with Crippen molar-refractivity contribution in [3.05, 3.63) is 29.3 Å². The Hall–Kier alpha value is -1.01. The van der Waals surface area contributed by atoms with E-state index in [9.17, 15) is 13.2 Å². The Kier molecular flexibility index (Phi) is 3.59. The maximum atomic E-state index is 12.6. The summed E-state index contributed by atoms with van der Waals surface area (Å²) in [5, 5.41) is 18.3. The Labute approximate surface area is 98.2 Å². The summed E-state index contributed by atoms with van der Waals surface area (Å²) in [6, 6.07) is 2.92. The Bertz CT molecular complexity index is 408. The zero-order valence-electron chi connectivity index (χ0n) is 9.84. The van der Waals surface area contributed by atoms with Crippen molar-refractivity contribution in [2.24, 2.45) is 0 Å². The van der Waals surface area contributed by atoms with Gasteiger partial charge in [-0.2, -0.15) is 13.2 Å². The molecule has 0 aliphatic rings. The van der Waals surface area contributed by atoms with Gasteiger partial charge in [0, 0.05) is 0 Å². The molecule has 94 valence electrons. The predicted molar refractivity (Wildman–Crippen MR) is 60.0 cm³/mol. The van der Waals surface area contributed by atoms with Crippen LogP contribution < -0.4 is 5.46 Å². The molecule has 0 aromatic heterocycles. The Balaban J connectivity index is 3.41. The van der Waals surface area contributed by atoms with Crippen LogP contribution in [0, 0.1) is 0 Å². The largest absolute Gasteiger partial charge is 0.488 e. The zero-order valence-corrected chi connectivity index (χ0v) is 9.84. The minimum absolute atomic E-state index is 0.102. The fourth-order valence-corrected chi connectivity index (χ4v) is 1.61. The Morgan fingerprint density at radius 1 is 1.06 bits per heavy atom. The third-order valence-electron chi connectivity index (χ3n) is 2.47. The molecule has 0 spiro atoms. The van der Waals surface area contributed by atoms with E-state index in [4.69, 9.17) is 10.0 Å². The monoisotopic (exact) mass is 246 g/mol. The van der Waals surface area contributed by atoms with Crippen molar-refractivity contribution in [3.63, 3.8) is 0 Å². The maximum absolute atomic E-state index is 12.6. The van der Waals surface area contributed by atoms with E-state index in [1.807, 2.05) is 0 Å². The van der Waals surface area contributed by atoms with Crippen molar-refractivity contribution in [2.45, 2.75) is 32.4 Å². The molecule has 6 heteroatoms. The van der Waals surface area contributed by atoms with Crippen molar-refractivity contribution in [2.75, 3.05) is 0 Å².